The summed E-state index contributed by atoms with van der Waals surface area (Å²) in [5.74, 6) is -1.45. The van der Waals surface area contributed by atoms with Crippen LogP contribution in [0.2, 0.25) is 0 Å². The number of fused-ring (bicyclic) bond motifs is 1. The highest BCUT2D eigenvalue weighted by Crippen LogP contribution is 2.31. The third kappa shape index (κ3) is 5.41. The predicted octanol–water partition coefficient (Wildman–Crippen LogP) is 2.09. The summed E-state index contributed by atoms with van der Waals surface area (Å²) in [5, 5.41) is 0. The summed E-state index contributed by atoms with van der Waals surface area (Å²) < 4.78 is 32.4. The maximum Gasteiger partial charge on any atom is 0.338 e. The Kier molecular flexibility index (Phi) is 6.90. The van der Waals surface area contributed by atoms with Gasteiger partial charge in [0.15, 0.2) is 12.2 Å². The molecule has 0 spiro atoms. The molecule has 2 fully saturated rings. The van der Waals surface area contributed by atoms with Crippen LogP contribution in [0.5, 0.6) is 11.5 Å². The van der Waals surface area contributed by atoms with Gasteiger partial charge in [0.2, 0.25) is 0 Å². The van der Waals surface area contributed by atoms with Crippen molar-refractivity contribution in [1.29, 1.82) is 0 Å². The monoisotopic (exact) mass is 470 g/mol. The van der Waals surface area contributed by atoms with Gasteiger partial charge in [-0.15, -0.1) is 0 Å². The minimum atomic E-state index is -0.669. The highest BCUT2D eigenvalue weighted by molar-refractivity contribution is 5.90. The predicted molar refractivity (Wildman–Crippen MR) is 113 cm³/mol. The Morgan fingerprint density at radius 1 is 0.647 bits per heavy atom. The second kappa shape index (κ2) is 10.0. The van der Waals surface area contributed by atoms with Crippen molar-refractivity contribution in [2.45, 2.75) is 38.3 Å². The van der Waals surface area contributed by atoms with Gasteiger partial charge >= 0.3 is 23.9 Å². The topological polar surface area (TPSA) is 124 Å². The molecule has 0 radical (unpaired) electrons. The lowest BCUT2D eigenvalue weighted by Crippen LogP contribution is -2.36. The number of carbonyl (C=O) groups is 4. The van der Waals surface area contributed by atoms with E-state index in [9.17, 15) is 19.2 Å². The normalized spacial score (nSPS) is 23.0. The molecule has 2 aromatic rings. The molecule has 2 aliphatic rings. The van der Waals surface area contributed by atoms with Gasteiger partial charge in [-0.25, -0.2) is 9.59 Å². The standard InChI is InChI=1S/C24H22O10/c1-13(25)31-17-7-3-15(4-8-17)23(27)33-19-11-29-22-20(12-30-21(19)22)34-24(28)16-5-9-18(10-6-16)32-14(2)26/h3-10,19-22H,11-12H2,1-2H3/t19-,20+,21?,22?. The van der Waals surface area contributed by atoms with E-state index in [1.165, 1.54) is 62.4 Å². The van der Waals surface area contributed by atoms with Crippen LogP contribution in [0.1, 0.15) is 34.6 Å². The molecule has 0 bridgehead atoms. The van der Waals surface area contributed by atoms with Crippen LogP contribution in [-0.4, -0.2) is 61.5 Å². The first-order valence-corrected chi connectivity index (χ1v) is 10.5. The minimum Gasteiger partial charge on any atom is -0.453 e. The molecule has 34 heavy (non-hydrogen) atoms. The summed E-state index contributed by atoms with van der Waals surface area (Å²) in [5.41, 5.74) is 0.551. The fraction of sp³-hybridized carbons (Fsp3) is 0.333. The summed E-state index contributed by atoms with van der Waals surface area (Å²) in [6, 6.07) is 11.9. The molecule has 178 valence electrons. The van der Waals surface area contributed by atoms with E-state index >= 15 is 0 Å². The van der Waals surface area contributed by atoms with Crippen LogP contribution in [0.25, 0.3) is 0 Å². The Morgan fingerprint density at radius 2 is 1.00 bits per heavy atom. The lowest BCUT2D eigenvalue weighted by atomic mass is 10.1. The van der Waals surface area contributed by atoms with Gasteiger partial charge in [-0.1, -0.05) is 0 Å². The van der Waals surface area contributed by atoms with Gasteiger partial charge in [-0.3, -0.25) is 9.59 Å². The van der Waals surface area contributed by atoms with Gasteiger partial charge in [0.1, 0.15) is 23.7 Å². The van der Waals surface area contributed by atoms with E-state index in [4.69, 9.17) is 28.4 Å². The molecule has 2 unspecified atom stereocenters. The molecular formula is C24H22O10. The lowest BCUT2D eigenvalue weighted by molar-refractivity contribution is -0.132. The Labute approximate surface area is 194 Å². The largest absolute Gasteiger partial charge is 0.453 e. The number of hydrogen-bond acceptors (Lipinski definition) is 10. The van der Waals surface area contributed by atoms with Crippen molar-refractivity contribution in [1.82, 2.24) is 0 Å². The Hall–Kier alpha value is -3.76. The maximum absolute atomic E-state index is 12.5. The summed E-state index contributed by atoms with van der Waals surface area (Å²) in [6.45, 7) is 2.76. The third-order valence-corrected chi connectivity index (χ3v) is 5.18. The molecular weight excluding hydrogens is 448 g/mol. The first kappa shape index (κ1) is 23.4. The van der Waals surface area contributed by atoms with E-state index in [-0.39, 0.29) is 24.3 Å². The highest BCUT2D eigenvalue weighted by atomic mass is 16.7. The fourth-order valence-electron chi connectivity index (χ4n) is 3.69. The average Bonchev–Trinajstić information content (AvgIpc) is 3.37. The third-order valence-electron chi connectivity index (χ3n) is 5.18. The first-order chi connectivity index (χ1) is 16.3. The van der Waals surface area contributed by atoms with Gasteiger partial charge < -0.3 is 28.4 Å². The molecule has 0 aromatic heterocycles. The molecule has 0 saturated carbocycles. The van der Waals surface area contributed by atoms with Gasteiger partial charge in [0, 0.05) is 13.8 Å². The number of esters is 4. The minimum absolute atomic E-state index is 0.0950. The zero-order chi connectivity index (χ0) is 24.2. The molecule has 2 heterocycles. The molecule has 10 nitrogen and oxygen atoms in total. The number of carbonyl (C=O) groups excluding carboxylic acids is 4. The van der Waals surface area contributed by atoms with Gasteiger partial charge in [-0.2, -0.15) is 0 Å². The van der Waals surface area contributed by atoms with Crippen LogP contribution in [-0.2, 0) is 28.5 Å². The van der Waals surface area contributed by atoms with Crippen molar-refractivity contribution < 1.29 is 47.6 Å². The van der Waals surface area contributed by atoms with Crippen molar-refractivity contribution >= 4 is 23.9 Å². The second-order valence-electron chi connectivity index (χ2n) is 7.72. The molecule has 2 aliphatic heterocycles. The van der Waals surface area contributed by atoms with Gasteiger partial charge in [-0.05, 0) is 48.5 Å². The Bertz CT molecular complexity index is 988. The smallest absolute Gasteiger partial charge is 0.338 e. The van der Waals surface area contributed by atoms with Crippen LogP contribution >= 0.6 is 0 Å². The zero-order valence-electron chi connectivity index (χ0n) is 18.4. The van der Waals surface area contributed by atoms with E-state index in [1.54, 1.807) is 0 Å². The Morgan fingerprint density at radius 3 is 1.32 bits per heavy atom. The van der Waals surface area contributed by atoms with E-state index in [0.717, 1.165) is 0 Å². The molecule has 2 saturated heterocycles. The van der Waals surface area contributed by atoms with Crippen LogP contribution in [0, 0.1) is 0 Å². The van der Waals surface area contributed by atoms with E-state index in [1.807, 2.05) is 0 Å². The summed E-state index contributed by atoms with van der Waals surface area (Å²) >= 11 is 0. The van der Waals surface area contributed by atoms with E-state index < -0.39 is 48.3 Å². The number of ether oxygens (including phenoxy) is 6. The summed E-state index contributed by atoms with van der Waals surface area (Å²) in [7, 11) is 0. The second-order valence-corrected chi connectivity index (χ2v) is 7.72. The average molecular weight is 470 g/mol. The van der Waals surface area contributed by atoms with Crippen molar-refractivity contribution in [2.24, 2.45) is 0 Å². The first-order valence-electron chi connectivity index (χ1n) is 10.5. The molecule has 0 N–H and O–H groups in total. The Balaban J connectivity index is 1.31. The fourth-order valence-corrected chi connectivity index (χ4v) is 3.69. The SMILES string of the molecule is CC(=O)Oc1ccc(C(=O)O[C@H]2COC3C2OC[C@H]3OC(=O)c2ccc(OC(C)=O)cc2)cc1. The molecule has 4 rings (SSSR count). The van der Waals surface area contributed by atoms with Crippen LogP contribution in [0.4, 0.5) is 0 Å². The van der Waals surface area contributed by atoms with Crippen molar-refractivity contribution in [3.8, 4) is 11.5 Å². The summed E-state index contributed by atoms with van der Waals surface area (Å²) in [4.78, 5) is 47.0. The van der Waals surface area contributed by atoms with Crippen molar-refractivity contribution in [3.63, 3.8) is 0 Å². The van der Waals surface area contributed by atoms with E-state index in [2.05, 4.69) is 0 Å². The zero-order valence-corrected chi connectivity index (χ0v) is 18.4. The van der Waals surface area contributed by atoms with Crippen molar-refractivity contribution in [2.75, 3.05) is 13.2 Å². The quantitative estimate of drug-likeness (QED) is 0.458. The highest BCUT2D eigenvalue weighted by Gasteiger charge is 2.51. The number of rotatable bonds is 6. The molecule has 4 atom stereocenters. The van der Waals surface area contributed by atoms with Crippen molar-refractivity contribution in [3.05, 3.63) is 59.7 Å². The maximum atomic E-state index is 12.5. The molecule has 2 aromatic carbocycles. The number of hydrogen-bond donors (Lipinski definition) is 0. The summed E-state index contributed by atoms with van der Waals surface area (Å²) in [6.07, 6.45) is -2.49. The van der Waals surface area contributed by atoms with Crippen LogP contribution in [0.15, 0.2) is 48.5 Å². The van der Waals surface area contributed by atoms with Gasteiger partial charge in [0.25, 0.3) is 0 Å². The molecule has 0 amide bonds. The van der Waals surface area contributed by atoms with Gasteiger partial charge in [0.05, 0.1) is 24.3 Å². The van der Waals surface area contributed by atoms with Crippen LogP contribution in [0.3, 0.4) is 0 Å². The van der Waals surface area contributed by atoms with E-state index in [0.29, 0.717) is 11.5 Å². The molecule has 0 aliphatic carbocycles. The van der Waals surface area contributed by atoms with Crippen LogP contribution < -0.4 is 9.47 Å². The molecule has 10 heteroatoms. The lowest BCUT2D eigenvalue weighted by Gasteiger charge is -2.17. The number of benzene rings is 2.